The third kappa shape index (κ3) is 5.73. The number of carbonyl (C=O) groups is 3. The number of hydrogen-bond donors (Lipinski definition) is 1. The van der Waals surface area contributed by atoms with E-state index in [2.05, 4.69) is 15.5 Å². The van der Waals surface area contributed by atoms with Crippen LogP contribution in [0.2, 0.25) is 0 Å². The molecule has 0 atom stereocenters. The van der Waals surface area contributed by atoms with E-state index in [0.717, 1.165) is 11.3 Å². The first-order valence-electron chi connectivity index (χ1n) is 10.2. The number of ether oxygens (including phenoxy) is 3. The number of nitrogens with zero attached hydrogens (tertiary/aromatic N) is 3. The van der Waals surface area contributed by atoms with E-state index in [1.165, 1.54) is 44.2 Å². The van der Waals surface area contributed by atoms with E-state index in [9.17, 15) is 14.4 Å². The molecule has 0 radical (unpaired) electrons. The van der Waals surface area contributed by atoms with E-state index in [4.69, 9.17) is 14.2 Å². The van der Waals surface area contributed by atoms with Crippen molar-refractivity contribution in [1.29, 1.82) is 0 Å². The average molecular weight is 485 g/mol. The molecule has 0 aliphatic carbocycles. The smallest absolute Gasteiger partial charge is 0.339 e. The van der Waals surface area contributed by atoms with Gasteiger partial charge in [-0.25, -0.2) is 9.59 Å². The number of nitrogens with one attached hydrogen (secondary N) is 1. The molecular weight excluding hydrogens is 460 g/mol. The second-order valence-corrected chi connectivity index (χ2v) is 7.85. The predicted molar refractivity (Wildman–Crippen MR) is 126 cm³/mol. The highest BCUT2D eigenvalue weighted by Gasteiger charge is 2.18. The highest BCUT2D eigenvalue weighted by Crippen LogP contribution is 2.25. The minimum Gasteiger partial charge on any atom is -0.494 e. The van der Waals surface area contributed by atoms with Crippen LogP contribution in [-0.2, 0) is 21.3 Å². The Bertz CT molecular complexity index is 1190. The van der Waals surface area contributed by atoms with Crippen molar-refractivity contribution in [3.8, 4) is 17.1 Å². The van der Waals surface area contributed by atoms with Crippen molar-refractivity contribution in [2.45, 2.75) is 12.1 Å². The molecule has 0 spiro atoms. The molecule has 0 fully saturated rings. The van der Waals surface area contributed by atoms with Gasteiger partial charge in [0.1, 0.15) is 5.75 Å². The summed E-state index contributed by atoms with van der Waals surface area (Å²) < 4.78 is 16.7. The molecule has 0 saturated carbocycles. The van der Waals surface area contributed by atoms with Crippen LogP contribution in [0.25, 0.3) is 11.4 Å². The Morgan fingerprint density at radius 2 is 1.71 bits per heavy atom. The van der Waals surface area contributed by atoms with Gasteiger partial charge in [-0.2, -0.15) is 0 Å². The maximum atomic E-state index is 12.6. The van der Waals surface area contributed by atoms with E-state index >= 15 is 0 Å². The summed E-state index contributed by atoms with van der Waals surface area (Å²) in [6.45, 7) is 2.50. The predicted octanol–water partition coefficient (Wildman–Crippen LogP) is 3.18. The van der Waals surface area contributed by atoms with E-state index in [1.54, 1.807) is 11.6 Å². The number of esters is 2. The molecule has 3 aromatic rings. The Morgan fingerprint density at radius 3 is 2.35 bits per heavy atom. The Labute approximate surface area is 200 Å². The van der Waals surface area contributed by atoms with Crippen molar-refractivity contribution in [2.24, 2.45) is 7.05 Å². The number of amides is 1. The van der Waals surface area contributed by atoms with Crippen molar-refractivity contribution in [3.63, 3.8) is 0 Å². The van der Waals surface area contributed by atoms with Crippen LogP contribution < -0.4 is 10.1 Å². The molecule has 34 heavy (non-hydrogen) atoms. The molecule has 0 bridgehead atoms. The maximum absolute atomic E-state index is 12.6. The van der Waals surface area contributed by atoms with Crippen molar-refractivity contribution in [1.82, 2.24) is 14.8 Å². The van der Waals surface area contributed by atoms with Gasteiger partial charge in [0.25, 0.3) is 0 Å². The zero-order valence-corrected chi connectivity index (χ0v) is 20.0. The van der Waals surface area contributed by atoms with Crippen LogP contribution in [-0.4, -0.2) is 59.2 Å². The quantitative estimate of drug-likeness (QED) is 0.360. The fraction of sp³-hybridized carbons (Fsp3) is 0.261. The lowest BCUT2D eigenvalue weighted by Crippen LogP contribution is -2.18. The minimum absolute atomic E-state index is 0.00167. The van der Waals surface area contributed by atoms with Gasteiger partial charge in [-0.15, -0.1) is 10.2 Å². The van der Waals surface area contributed by atoms with Gasteiger partial charge in [0, 0.05) is 12.6 Å². The van der Waals surface area contributed by atoms with Crippen molar-refractivity contribution in [2.75, 3.05) is 31.9 Å². The van der Waals surface area contributed by atoms with Crippen LogP contribution in [0.3, 0.4) is 0 Å². The molecule has 2 aromatic carbocycles. The standard InChI is InChI=1S/C23H24N4O6S/c1-5-33-16-9-6-14(7-10-16)20-25-26-23(27(20)2)34-13-19(28)24-18-12-15(21(29)31-3)8-11-17(18)22(30)32-4/h6-12H,5,13H2,1-4H3,(H,24,28). The van der Waals surface area contributed by atoms with E-state index in [-0.39, 0.29) is 22.6 Å². The molecule has 3 rings (SSSR count). The summed E-state index contributed by atoms with van der Waals surface area (Å²) in [4.78, 5) is 36.5. The monoisotopic (exact) mass is 484 g/mol. The Kier molecular flexibility index (Phi) is 8.25. The highest BCUT2D eigenvalue weighted by atomic mass is 32.2. The molecule has 1 aromatic heterocycles. The second-order valence-electron chi connectivity index (χ2n) is 6.90. The molecule has 0 unspecified atom stereocenters. The van der Waals surface area contributed by atoms with Gasteiger partial charge in [0.2, 0.25) is 5.91 Å². The van der Waals surface area contributed by atoms with Crippen molar-refractivity contribution < 1.29 is 28.6 Å². The van der Waals surface area contributed by atoms with Crippen LogP contribution in [0.5, 0.6) is 5.75 Å². The van der Waals surface area contributed by atoms with Gasteiger partial charge >= 0.3 is 11.9 Å². The van der Waals surface area contributed by atoms with Crippen molar-refractivity contribution >= 4 is 35.3 Å². The largest absolute Gasteiger partial charge is 0.494 e. The molecule has 1 N–H and O–H groups in total. The van der Waals surface area contributed by atoms with Gasteiger partial charge < -0.3 is 24.1 Å². The van der Waals surface area contributed by atoms with Gasteiger partial charge in [-0.3, -0.25) is 4.79 Å². The highest BCUT2D eigenvalue weighted by molar-refractivity contribution is 7.99. The topological polar surface area (TPSA) is 122 Å². The third-order valence-electron chi connectivity index (χ3n) is 4.71. The first-order valence-corrected chi connectivity index (χ1v) is 11.2. The molecule has 10 nitrogen and oxygen atoms in total. The number of anilines is 1. The van der Waals surface area contributed by atoms with Crippen LogP contribution in [0.1, 0.15) is 27.6 Å². The Morgan fingerprint density at radius 1 is 1.00 bits per heavy atom. The SMILES string of the molecule is CCOc1ccc(-c2nnc(SCC(=O)Nc3cc(C(=O)OC)ccc3C(=O)OC)n2C)cc1. The lowest BCUT2D eigenvalue weighted by molar-refractivity contribution is -0.113. The number of aromatic nitrogens is 3. The zero-order valence-electron chi connectivity index (χ0n) is 19.2. The summed E-state index contributed by atoms with van der Waals surface area (Å²) >= 11 is 1.18. The number of hydrogen-bond acceptors (Lipinski definition) is 9. The zero-order chi connectivity index (χ0) is 24.7. The van der Waals surface area contributed by atoms with E-state index < -0.39 is 17.8 Å². The van der Waals surface area contributed by atoms with Crippen LogP contribution in [0, 0.1) is 0 Å². The number of carbonyl (C=O) groups excluding carboxylic acids is 3. The van der Waals surface area contributed by atoms with Gasteiger partial charge in [-0.05, 0) is 49.4 Å². The summed E-state index contributed by atoms with van der Waals surface area (Å²) in [5.74, 6) is -0.233. The fourth-order valence-corrected chi connectivity index (χ4v) is 3.77. The number of methoxy groups -OCH3 is 2. The van der Waals surface area contributed by atoms with E-state index in [0.29, 0.717) is 17.6 Å². The molecule has 0 saturated heterocycles. The van der Waals surface area contributed by atoms with Crippen molar-refractivity contribution in [3.05, 3.63) is 53.6 Å². The molecule has 11 heteroatoms. The van der Waals surface area contributed by atoms with Gasteiger partial charge in [0.05, 0.1) is 43.4 Å². The number of thioether (sulfide) groups is 1. The molecular formula is C23H24N4O6S. The Hall–Kier alpha value is -3.86. The van der Waals surface area contributed by atoms with Gasteiger partial charge in [0.15, 0.2) is 11.0 Å². The summed E-state index contributed by atoms with van der Waals surface area (Å²) in [5, 5.41) is 11.6. The van der Waals surface area contributed by atoms with Crippen LogP contribution in [0.15, 0.2) is 47.6 Å². The summed E-state index contributed by atoms with van der Waals surface area (Å²) in [6.07, 6.45) is 0. The number of benzene rings is 2. The summed E-state index contributed by atoms with van der Waals surface area (Å²) in [6, 6.07) is 11.7. The lowest BCUT2D eigenvalue weighted by atomic mass is 10.1. The lowest BCUT2D eigenvalue weighted by Gasteiger charge is -2.11. The molecule has 1 amide bonds. The fourth-order valence-electron chi connectivity index (χ4n) is 3.06. The summed E-state index contributed by atoms with van der Waals surface area (Å²) in [5.41, 5.74) is 1.31. The molecule has 1 heterocycles. The Balaban J connectivity index is 1.71. The normalized spacial score (nSPS) is 10.5. The average Bonchev–Trinajstić information content (AvgIpc) is 3.22. The molecule has 178 valence electrons. The maximum Gasteiger partial charge on any atom is 0.339 e. The molecule has 0 aliphatic rings. The van der Waals surface area contributed by atoms with Crippen LogP contribution >= 0.6 is 11.8 Å². The third-order valence-corrected chi connectivity index (χ3v) is 5.73. The molecule has 0 aliphatic heterocycles. The first-order chi connectivity index (χ1) is 16.4. The first kappa shape index (κ1) is 24.8. The van der Waals surface area contributed by atoms with Crippen LogP contribution in [0.4, 0.5) is 5.69 Å². The number of rotatable bonds is 9. The van der Waals surface area contributed by atoms with E-state index in [1.807, 2.05) is 31.2 Å². The second kappa shape index (κ2) is 11.3. The minimum atomic E-state index is -0.646. The summed E-state index contributed by atoms with van der Waals surface area (Å²) in [7, 11) is 4.28. The van der Waals surface area contributed by atoms with Gasteiger partial charge in [-0.1, -0.05) is 11.8 Å².